The Balaban J connectivity index is 1.35. The molecular formula is C45H62N6O8Si. The molecule has 15 heteroatoms. The van der Waals surface area contributed by atoms with Gasteiger partial charge in [0.05, 0.1) is 36.9 Å². The fourth-order valence-corrected chi connectivity index (χ4v) is 9.61. The monoisotopic (exact) mass is 842 g/mol. The number of hydrogen-bond donors (Lipinski definition) is 2. The van der Waals surface area contributed by atoms with Crippen LogP contribution in [0.5, 0.6) is 5.75 Å². The lowest BCUT2D eigenvalue weighted by molar-refractivity contribution is -0.156. The molecule has 7 rings (SSSR count). The molecule has 2 N–H and O–H groups in total. The minimum Gasteiger partial charge on any atom is -0.479 e. The molecule has 0 radical (unpaired) electrons. The average Bonchev–Trinajstić information content (AvgIpc) is 3.52. The van der Waals surface area contributed by atoms with Crippen LogP contribution in [0, 0.1) is 16.9 Å². The average molecular weight is 843 g/mol. The van der Waals surface area contributed by atoms with E-state index in [0.29, 0.717) is 51.4 Å². The third kappa shape index (κ3) is 9.17. The van der Waals surface area contributed by atoms with Gasteiger partial charge < -0.3 is 38.5 Å². The molecule has 5 heterocycles. The minimum atomic E-state index is -1.56. The zero-order valence-electron chi connectivity index (χ0n) is 36.9. The summed E-state index contributed by atoms with van der Waals surface area (Å²) in [6, 6.07) is 6.90. The van der Waals surface area contributed by atoms with Crippen molar-refractivity contribution >= 4 is 42.6 Å². The molecule has 2 amide bonds. The highest BCUT2D eigenvalue weighted by Crippen LogP contribution is 2.57. The van der Waals surface area contributed by atoms with Gasteiger partial charge in [0.15, 0.2) is 0 Å². The minimum absolute atomic E-state index is 0.0840. The first-order valence-corrected chi connectivity index (χ1v) is 24.8. The lowest BCUT2D eigenvalue weighted by atomic mass is 9.67. The number of hydrogen-bond acceptors (Lipinski definition) is 11. The van der Waals surface area contributed by atoms with Crippen molar-refractivity contribution in [2.24, 2.45) is 5.41 Å². The molecule has 3 aliphatic heterocycles. The largest absolute Gasteiger partial charge is 0.479 e. The summed E-state index contributed by atoms with van der Waals surface area (Å²) in [5.41, 5.74) is 11.0. The van der Waals surface area contributed by atoms with Gasteiger partial charge in [0.1, 0.15) is 44.2 Å². The Hall–Kier alpha value is -4.62. The number of benzene rings is 1. The smallest absolute Gasteiger partial charge is 0.408 e. The Morgan fingerprint density at radius 1 is 1.15 bits per heavy atom. The summed E-state index contributed by atoms with van der Waals surface area (Å²) in [7, 11) is 0.153. The van der Waals surface area contributed by atoms with Crippen LogP contribution in [0.25, 0.3) is 22.2 Å². The van der Waals surface area contributed by atoms with Gasteiger partial charge in [-0.1, -0.05) is 39.4 Å². The molecule has 2 fully saturated rings. The van der Waals surface area contributed by atoms with Gasteiger partial charge in [0.2, 0.25) is 0 Å². The number of hydrazine groups is 1. The number of rotatable bonds is 5. The Bertz CT molecular complexity index is 2180. The molecule has 0 saturated carbocycles. The van der Waals surface area contributed by atoms with Crippen molar-refractivity contribution in [1.82, 2.24) is 25.3 Å². The molecule has 1 aliphatic carbocycles. The van der Waals surface area contributed by atoms with Crippen molar-refractivity contribution in [2.75, 3.05) is 51.5 Å². The van der Waals surface area contributed by atoms with Gasteiger partial charge in [0.25, 0.3) is 5.91 Å². The number of nitrogens with zero attached hydrogens (tertiary/aromatic N) is 4. The topological polar surface area (TPSA) is 146 Å². The second kappa shape index (κ2) is 17.0. The molecule has 4 aliphatic rings. The number of amides is 2. The number of anilines is 1. The summed E-state index contributed by atoms with van der Waals surface area (Å²) < 4.78 is 33.1. The molecule has 14 nitrogen and oxygen atoms in total. The molecule has 60 heavy (non-hydrogen) atoms. The van der Waals surface area contributed by atoms with E-state index in [4.69, 9.17) is 28.7 Å². The summed E-state index contributed by atoms with van der Waals surface area (Å²) in [5, 5.41) is 5.34. The number of alkyl carbamates (subject to hydrolysis) is 1. The van der Waals surface area contributed by atoms with Crippen LogP contribution in [0.2, 0.25) is 19.6 Å². The van der Waals surface area contributed by atoms with Crippen molar-refractivity contribution in [3.8, 4) is 28.5 Å². The van der Waals surface area contributed by atoms with Crippen LogP contribution in [0.3, 0.4) is 0 Å². The standard InChI is InChI=1S/C45H62N6O8Si/c1-11-50-35-16-15-28-22-31(35)36-37(40(55-7)38-32(39(36)50)23-29(25-46-38)56-19-13-21-60(8,9)10)45(5,6)27-58-42(53)33-14-12-17-51(48-33)41(52)34(47-43(54)59-44(2,3)4)24-30-26-49(28)18-20-57-30/h15-16,22-23,25,30,33-34,37,40,48H,11-12,14,17-20,24,26-27H2,1-10H3,(H,47,54)/t30-,33-,34-,37?,40?/m0/s1. The molecule has 2 aromatic heterocycles. The Morgan fingerprint density at radius 3 is 2.65 bits per heavy atom. The number of aryl methyl sites for hydroxylation is 1. The predicted octanol–water partition coefficient (Wildman–Crippen LogP) is 6.33. The van der Waals surface area contributed by atoms with Crippen molar-refractivity contribution in [3.63, 3.8) is 0 Å². The van der Waals surface area contributed by atoms with Crippen LogP contribution in [-0.2, 0) is 35.1 Å². The second-order valence-corrected chi connectivity index (χ2v) is 23.8. The van der Waals surface area contributed by atoms with E-state index in [1.54, 1.807) is 34.1 Å². The Kier molecular flexibility index (Phi) is 12.3. The van der Waals surface area contributed by atoms with E-state index in [1.807, 2.05) is 0 Å². The van der Waals surface area contributed by atoms with Gasteiger partial charge in [0, 0.05) is 73.2 Å². The highest BCUT2D eigenvalue weighted by atomic mass is 28.3. The van der Waals surface area contributed by atoms with Gasteiger partial charge in [-0.2, -0.15) is 0 Å². The number of pyridine rings is 1. The molecule has 2 unspecified atom stereocenters. The molecule has 3 aromatic rings. The van der Waals surface area contributed by atoms with Gasteiger partial charge in [-0.3, -0.25) is 19.6 Å². The summed E-state index contributed by atoms with van der Waals surface area (Å²) in [4.78, 5) is 48.7. The summed E-state index contributed by atoms with van der Waals surface area (Å²) in [6.45, 7) is 21.3. The number of esters is 1. The maximum absolute atomic E-state index is 14.2. The number of aromatic nitrogens is 2. The second-order valence-electron chi connectivity index (χ2n) is 19.1. The third-order valence-electron chi connectivity index (χ3n) is 11.6. The van der Waals surface area contributed by atoms with Crippen molar-refractivity contribution in [1.29, 1.82) is 0 Å². The summed E-state index contributed by atoms with van der Waals surface area (Å²) >= 11 is 0. The predicted molar refractivity (Wildman–Crippen MR) is 232 cm³/mol. The highest BCUT2D eigenvalue weighted by Gasteiger charge is 2.48. The van der Waals surface area contributed by atoms with Crippen LogP contribution in [0.1, 0.15) is 84.1 Å². The summed E-state index contributed by atoms with van der Waals surface area (Å²) in [5.74, 6) is 2.74. The fourth-order valence-electron chi connectivity index (χ4n) is 9.01. The number of fused-ring (bicyclic) bond motifs is 8. The first-order valence-electron chi connectivity index (χ1n) is 21.3. The number of carbonyl (C=O) groups is 3. The van der Waals surface area contributed by atoms with Crippen LogP contribution in [0.15, 0.2) is 30.5 Å². The Morgan fingerprint density at radius 2 is 1.93 bits per heavy atom. The number of methoxy groups -OCH3 is 1. The van der Waals surface area contributed by atoms with Crippen LogP contribution in [-0.4, -0.2) is 111 Å². The number of cyclic esters (lactones) is 1. The van der Waals surface area contributed by atoms with Crippen molar-refractivity contribution < 1.29 is 38.1 Å². The number of morpholine rings is 1. The molecule has 2 saturated heterocycles. The number of nitrogens with one attached hydrogen (secondary N) is 2. The van der Waals surface area contributed by atoms with E-state index in [-0.39, 0.29) is 31.5 Å². The van der Waals surface area contributed by atoms with Crippen LogP contribution in [0.4, 0.5) is 10.5 Å². The first kappa shape index (κ1) is 43.5. The molecule has 5 atom stereocenters. The van der Waals surface area contributed by atoms with Crippen LogP contribution >= 0.6 is 0 Å². The molecule has 0 spiro atoms. The van der Waals surface area contributed by atoms with Crippen LogP contribution < -0.4 is 20.4 Å². The van der Waals surface area contributed by atoms with E-state index < -0.39 is 55.4 Å². The maximum atomic E-state index is 14.2. The molecular weight excluding hydrogens is 781 g/mol. The lowest BCUT2D eigenvalue weighted by Crippen LogP contribution is -2.61. The van der Waals surface area contributed by atoms with Crippen molar-refractivity contribution in [2.45, 2.75) is 123 Å². The number of carbonyl (C=O) groups excluding carboxylic acids is 3. The highest BCUT2D eigenvalue weighted by molar-refractivity contribution is 6.83. The molecule has 1 aromatic carbocycles. The van der Waals surface area contributed by atoms with Gasteiger partial charge in [-0.25, -0.2) is 10.2 Å². The lowest BCUT2D eigenvalue weighted by Gasteiger charge is -2.42. The van der Waals surface area contributed by atoms with E-state index >= 15 is 0 Å². The Labute approximate surface area is 354 Å². The molecule has 6 bridgehead atoms. The van der Waals surface area contributed by atoms with Gasteiger partial charge >= 0.3 is 12.1 Å². The van der Waals surface area contributed by atoms with E-state index in [0.717, 1.165) is 39.1 Å². The van der Waals surface area contributed by atoms with Gasteiger partial charge in [-0.05, 0) is 70.4 Å². The number of ether oxygens (including phenoxy) is 5. The fraction of sp³-hybridized carbons (Fsp3) is 0.600. The first-order chi connectivity index (χ1) is 28.4. The molecule has 324 valence electrons. The van der Waals surface area contributed by atoms with E-state index in [9.17, 15) is 14.4 Å². The quantitative estimate of drug-likeness (QED) is 0.169. The summed E-state index contributed by atoms with van der Waals surface area (Å²) in [6.07, 6.45) is 1.44. The maximum Gasteiger partial charge on any atom is 0.408 e. The van der Waals surface area contributed by atoms with E-state index in [1.165, 1.54) is 5.01 Å². The van der Waals surface area contributed by atoms with Gasteiger partial charge in [-0.15, -0.1) is 5.54 Å². The zero-order valence-corrected chi connectivity index (χ0v) is 37.9. The SMILES string of the molecule is CCn1c2c3c4cc(ccc41)N1CCO[C@@H](C[C@H](NC(=O)OC(C)(C)C)C(=O)N4CCC[C@H](N4)C(=O)OCC(C)(C)C3C(OC)c3ncc(OCC#C[Si](C)(C)C)cc3-2)C1. The normalized spacial score (nSPS) is 24.4. The third-order valence-corrected chi connectivity index (χ3v) is 12.5. The van der Waals surface area contributed by atoms with Crippen molar-refractivity contribution in [3.05, 3.63) is 41.7 Å². The zero-order chi connectivity index (χ0) is 43.1. The van der Waals surface area contributed by atoms with E-state index in [2.05, 4.69) is 96.4 Å².